The topological polar surface area (TPSA) is 71.6 Å². The lowest BCUT2D eigenvalue weighted by Gasteiger charge is -2.41. The summed E-state index contributed by atoms with van der Waals surface area (Å²) in [6, 6.07) is 8.64. The molecule has 5 nitrogen and oxygen atoms in total. The highest BCUT2D eigenvalue weighted by molar-refractivity contribution is 5.99. The molecule has 2 fully saturated rings. The van der Waals surface area contributed by atoms with Crippen molar-refractivity contribution in [3.63, 3.8) is 0 Å². The van der Waals surface area contributed by atoms with Gasteiger partial charge in [0.05, 0.1) is 5.52 Å². The van der Waals surface area contributed by atoms with Crippen LogP contribution in [-0.2, 0) is 4.79 Å². The average molecular weight is 364 g/mol. The van der Waals surface area contributed by atoms with Crippen LogP contribution in [-0.4, -0.2) is 48.2 Å². The minimum absolute atomic E-state index is 0.132. The van der Waals surface area contributed by atoms with Gasteiger partial charge < -0.3 is 10.6 Å². The predicted octanol–water partition coefficient (Wildman–Crippen LogP) is 2.97. The van der Waals surface area contributed by atoms with Crippen LogP contribution in [0.4, 0.5) is 0 Å². The number of carbonyl (C=O) groups is 1. The molecular weight excluding hydrogens is 336 g/mol. The van der Waals surface area contributed by atoms with Crippen LogP contribution in [0.25, 0.3) is 10.9 Å². The van der Waals surface area contributed by atoms with Crippen LogP contribution < -0.4 is 5.73 Å². The molecule has 2 atom stereocenters. The highest BCUT2D eigenvalue weighted by atomic mass is 16.2. The summed E-state index contributed by atoms with van der Waals surface area (Å²) >= 11 is 0. The third-order valence-corrected chi connectivity index (χ3v) is 6.04. The maximum Gasteiger partial charge on any atom is 0.225 e. The molecule has 142 valence electrons. The monoisotopic (exact) mass is 364 g/mol. The fraction of sp³-hybridized carbons (Fsp3) is 0.500. The van der Waals surface area contributed by atoms with Crippen molar-refractivity contribution in [3.8, 4) is 0 Å². The molecule has 2 N–H and O–H groups in total. The molecule has 2 heterocycles. The summed E-state index contributed by atoms with van der Waals surface area (Å²) in [6.45, 7) is 3.90. The van der Waals surface area contributed by atoms with Crippen LogP contribution in [0.5, 0.6) is 0 Å². The van der Waals surface area contributed by atoms with E-state index in [1.165, 1.54) is 10.9 Å². The van der Waals surface area contributed by atoms with E-state index < -0.39 is 0 Å². The van der Waals surface area contributed by atoms with Gasteiger partial charge in [0.1, 0.15) is 0 Å². The quantitative estimate of drug-likeness (QED) is 0.851. The van der Waals surface area contributed by atoms with Gasteiger partial charge in [0.2, 0.25) is 5.91 Å². The third-order valence-electron chi connectivity index (χ3n) is 6.04. The molecule has 1 saturated heterocycles. The lowest BCUT2D eigenvalue weighted by atomic mass is 9.78. The van der Waals surface area contributed by atoms with E-state index in [9.17, 15) is 4.79 Å². The predicted molar refractivity (Wildman–Crippen MR) is 109 cm³/mol. The van der Waals surface area contributed by atoms with Gasteiger partial charge in [-0.05, 0) is 36.8 Å². The van der Waals surface area contributed by atoms with Crippen molar-refractivity contribution in [2.45, 2.75) is 38.1 Å². The molecule has 27 heavy (non-hydrogen) atoms. The molecule has 1 aliphatic carbocycles. The lowest BCUT2D eigenvalue weighted by molar-refractivity contribution is -0.140. The second-order valence-corrected chi connectivity index (χ2v) is 8.24. The molecule has 5 heteroatoms. The maximum absolute atomic E-state index is 12.9. The summed E-state index contributed by atoms with van der Waals surface area (Å²) in [5.74, 6) is 1.26. The van der Waals surface area contributed by atoms with Gasteiger partial charge in [-0.15, -0.1) is 0 Å². The number of hydrogen-bond donors (Lipinski definition) is 1. The first-order valence-corrected chi connectivity index (χ1v) is 9.91. The van der Waals surface area contributed by atoms with Gasteiger partial charge >= 0.3 is 0 Å². The Morgan fingerprint density at radius 1 is 1.26 bits per heavy atom. The van der Waals surface area contributed by atoms with Gasteiger partial charge in [-0.2, -0.15) is 0 Å². The normalized spacial score (nSPS) is 28.5. The average Bonchev–Trinajstić information content (AvgIpc) is 2.65. The Kier molecular flexibility index (Phi) is 4.96. The number of nitrogens with zero attached hydrogens (tertiary/aromatic N) is 3. The van der Waals surface area contributed by atoms with Gasteiger partial charge in [-0.1, -0.05) is 25.1 Å². The molecule has 4 rings (SSSR count). The van der Waals surface area contributed by atoms with Crippen molar-refractivity contribution >= 4 is 23.0 Å². The smallest absolute Gasteiger partial charge is 0.225 e. The number of aromatic nitrogens is 1. The molecule has 1 amide bonds. The summed E-state index contributed by atoms with van der Waals surface area (Å²) in [5, 5.41) is 1.17. The summed E-state index contributed by atoms with van der Waals surface area (Å²) in [5.41, 5.74) is 9.21. The fourth-order valence-corrected chi connectivity index (χ4v) is 4.69. The number of piperidine rings is 1. The van der Waals surface area contributed by atoms with Crippen molar-refractivity contribution in [3.05, 3.63) is 41.6 Å². The second-order valence-electron chi connectivity index (χ2n) is 8.24. The molecule has 1 aromatic carbocycles. The van der Waals surface area contributed by atoms with Crippen molar-refractivity contribution in [1.82, 2.24) is 9.88 Å². The number of rotatable bonds is 3. The summed E-state index contributed by atoms with van der Waals surface area (Å²) in [6.07, 6.45) is 6.47. The maximum atomic E-state index is 12.9. The highest BCUT2D eigenvalue weighted by Crippen LogP contribution is 2.36. The fourth-order valence-electron chi connectivity index (χ4n) is 4.69. The minimum Gasteiger partial charge on any atom is -0.342 e. The standard InChI is InChI=1S/C22H28N4O/c1-14-8-17(13-26(12-14)22(27)16-9-18(23)10-16)19-6-5-15(11-24-2)21-20(19)4-3-7-25-21/h3-7,11,14,16-18H,8-10,12-13,23H2,1-2H3/b24-11+/t14-,16?,17+,18?/m1/s1. The van der Waals surface area contributed by atoms with Crippen molar-refractivity contribution < 1.29 is 4.79 Å². The Morgan fingerprint density at radius 2 is 2.07 bits per heavy atom. The van der Waals surface area contributed by atoms with Crippen LogP contribution in [0.1, 0.15) is 43.2 Å². The van der Waals surface area contributed by atoms with E-state index in [-0.39, 0.29) is 12.0 Å². The number of pyridine rings is 1. The molecular formula is C22H28N4O. The Balaban J connectivity index is 1.64. The second kappa shape index (κ2) is 7.39. The van der Waals surface area contributed by atoms with Gasteiger partial charge in [0.15, 0.2) is 0 Å². The van der Waals surface area contributed by atoms with Crippen LogP contribution in [0.3, 0.4) is 0 Å². The molecule has 1 saturated carbocycles. The first-order valence-electron chi connectivity index (χ1n) is 9.91. The van der Waals surface area contributed by atoms with Crippen LogP contribution in [0.2, 0.25) is 0 Å². The number of likely N-dealkylation sites (tertiary alicyclic amines) is 1. The third kappa shape index (κ3) is 3.48. The Bertz CT molecular complexity index is 872. The van der Waals surface area contributed by atoms with E-state index >= 15 is 0 Å². The first-order chi connectivity index (χ1) is 13.1. The zero-order valence-corrected chi connectivity index (χ0v) is 16.1. The van der Waals surface area contributed by atoms with Gasteiger partial charge in [0, 0.05) is 61.4 Å². The number of amides is 1. The van der Waals surface area contributed by atoms with Crippen LogP contribution in [0.15, 0.2) is 35.5 Å². The largest absolute Gasteiger partial charge is 0.342 e. The lowest BCUT2D eigenvalue weighted by Crippen LogP contribution is -2.50. The molecule has 0 bridgehead atoms. The molecule has 0 unspecified atom stereocenters. The van der Waals surface area contributed by atoms with E-state index in [1.807, 2.05) is 18.5 Å². The molecule has 0 spiro atoms. The minimum atomic E-state index is 0.132. The van der Waals surface area contributed by atoms with E-state index in [1.54, 1.807) is 7.05 Å². The van der Waals surface area contributed by atoms with Crippen molar-refractivity contribution in [1.29, 1.82) is 0 Å². The van der Waals surface area contributed by atoms with E-state index in [0.29, 0.717) is 17.7 Å². The van der Waals surface area contributed by atoms with Crippen LogP contribution in [0, 0.1) is 11.8 Å². The van der Waals surface area contributed by atoms with Gasteiger partial charge in [-0.3, -0.25) is 14.8 Å². The summed E-state index contributed by atoms with van der Waals surface area (Å²) in [7, 11) is 1.78. The van der Waals surface area contributed by atoms with Gasteiger partial charge in [-0.25, -0.2) is 0 Å². The number of benzene rings is 1. The molecule has 0 radical (unpaired) electrons. The number of carbonyl (C=O) groups excluding carboxylic acids is 1. The highest BCUT2D eigenvalue weighted by Gasteiger charge is 2.38. The Morgan fingerprint density at radius 3 is 2.81 bits per heavy atom. The van der Waals surface area contributed by atoms with Crippen molar-refractivity contribution in [2.75, 3.05) is 20.1 Å². The van der Waals surface area contributed by atoms with Crippen LogP contribution >= 0.6 is 0 Å². The Labute approximate surface area is 160 Å². The Hall–Kier alpha value is -2.27. The number of aliphatic imine (C=N–C) groups is 1. The number of hydrogen-bond acceptors (Lipinski definition) is 4. The summed E-state index contributed by atoms with van der Waals surface area (Å²) < 4.78 is 0. The molecule has 1 aliphatic heterocycles. The summed E-state index contributed by atoms with van der Waals surface area (Å²) in [4.78, 5) is 23.7. The SMILES string of the molecule is C/N=C/c1ccc([C@H]2C[C@@H](C)CN(C(=O)C3CC(N)C3)C2)c2cccnc12. The first kappa shape index (κ1) is 18.1. The zero-order chi connectivity index (χ0) is 19.0. The van der Waals surface area contributed by atoms with Gasteiger partial charge in [0.25, 0.3) is 0 Å². The molecule has 1 aromatic heterocycles. The molecule has 2 aliphatic rings. The van der Waals surface area contributed by atoms with E-state index in [2.05, 4.69) is 40.0 Å². The zero-order valence-electron chi connectivity index (χ0n) is 16.1. The number of fused-ring (bicyclic) bond motifs is 1. The van der Waals surface area contributed by atoms with E-state index in [0.717, 1.165) is 43.4 Å². The number of nitrogens with two attached hydrogens (primary N) is 1. The van der Waals surface area contributed by atoms with E-state index in [4.69, 9.17) is 5.73 Å². The molecule has 2 aromatic rings. The van der Waals surface area contributed by atoms with Crippen molar-refractivity contribution in [2.24, 2.45) is 22.6 Å².